The van der Waals surface area contributed by atoms with Gasteiger partial charge in [-0.2, -0.15) is 0 Å². The SMILES string of the molecule is CC(Cl)CCCOC(C)(C)C(=O)O.[NaH]. The van der Waals surface area contributed by atoms with Gasteiger partial charge in [0.25, 0.3) is 0 Å². The number of carboxylic acid groups (broad SMARTS) is 1. The van der Waals surface area contributed by atoms with Crippen LogP contribution < -0.4 is 0 Å². The number of ether oxygens (including phenoxy) is 1. The van der Waals surface area contributed by atoms with Gasteiger partial charge in [-0.3, -0.25) is 0 Å². The van der Waals surface area contributed by atoms with Crippen molar-refractivity contribution in [3.63, 3.8) is 0 Å². The molecule has 1 N–H and O–H groups in total. The van der Waals surface area contributed by atoms with E-state index in [1.54, 1.807) is 13.8 Å². The Morgan fingerprint density at radius 3 is 2.43 bits per heavy atom. The number of alkyl halides is 1. The summed E-state index contributed by atoms with van der Waals surface area (Å²) < 4.78 is 5.18. The first-order valence-corrected chi connectivity index (χ1v) is 4.81. The molecule has 0 radical (unpaired) electrons. The quantitative estimate of drug-likeness (QED) is 0.430. The molecule has 0 amide bonds. The Morgan fingerprint density at radius 2 is 2.07 bits per heavy atom. The Labute approximate surface area is 112 Å². The van der Waals surface area contributed by atoms with E-state index in [4.69, 9.17) is 21.4 Å². The fourth-order valence-corrected chi connectivity index (χ4v) is 0.908. The van der Waals surface area contributed by atoms with Crippen LogP contribution in [0.5, 0.6) is 0 Å². The molecule has 0 aliphatic heterocycles. The second-order valence-corrected chi connectivity index (χ2v) is 4.33. The predicted molar refractivity (Wildman–Crippen MR) is 59.4 cm³/mol. The van der Waals surface area contributed by atoms with Gasteiger partial charge in [-0.25, -0.2) is 4.79 Å². The van der Waals surface area contributed by atoms with Crippen LogP contribution >= 0.6 is 11.6 Å². The van der Waals surface area contributed by atoms with Gasteiger partial charge >= 0.3 is 35.5 Å². The average Bonchev–Trinajstić information content (AvgIpc) is 1.97. The van der Waals surface area contributed by atoms with Crippen LogP contribution in [-0.4, -0.2) is 58.2 Å². The van der Waals surface area contributed by atoms with Crippen LogP contribution in [0.2, 0.25) is 0 Å². The normalized spacial score (nSPS) is 13.1. The molecule has 0 aliphatic carbocycles. The molecule has 0 fully saturated rings. The van der Waals surface area contributed by atoms with E-state index in [-0.39, 0.29) is 34.9 Å². The summed E-state index contributed by atoms with van der Waals surface area (Å²) in [5.74, 6) is -0.938. The van der Waals surface area contributed by atoms with Gasteiger partial charge < -0.3 is 9.84 Å². The van der Waals surface area contributed by atoms with Crippen molar-refractivity contribution in [1.82, 2.24) is 0 Å². The van der Waals surface area contributed by atoms with Crippen LogP contribution in [-0.2, 0) is 9.53 Å². The zero-order valence-corrected chi connectivity index (χ0v) is 9.10. The van der Waals surface area contributed by atoms with E-state index in [0.29, 0.717) is 6.61 Å². The molecule has 0 saturated heterocycles. The summed E-state index contributed by atoms with van der Waals surface area (Å²) in [6, 6.07) is 0. The topological polar surface area (TPSA) is 46.5 Å². The zero-order valence-electron chi connectivity index (χ0n) is 8.34. The second-order valence-electron chi connectivity index (χ2n) is 3.59. The van der Waals surface area contributed by atoms with Crippen LogP contribution in [0.1, 0.15) is 33.6 Å². The number of carbonyl (C=O) groups is 1. The van der Waals surface area contributed by atoms with Crippen molar-refractivity contribution in [3.8, 4) is 0 Å². The van der Waals surface area contributed by atoms with E-state index < -0.39 is 11.6 Å². The number of halogens is 1. The van der Waals surface area contributed by atoms with E-state index >= 15 is 0 Å². The van der Waals surface area contributed by atoms with Gasteiger partial charge in [0.1, 0.15) is 0 Å². The molecule has 0 aromatic heterocycles. The van der Waals surface area contributed by atoms with Crippen LogP contribution in [0.15, 0.2) is 0 Å². The molecule has 0 aromatic carbocycles. The zero-order chi connectivity index (χ0) is 10.5. The molecule has 14 heavy (non-hydrogen) atoms. The van der Waals surface area contributed by atoms with Crippen LogP contribution in [0.4, 0.5) is 0 Å². The summed E-state index contributed by atoms with van der Waals surface area (Å²) in [5, 5.41) is 8.82. The Kier molecular flexibility index (Phi) is 9.71. The van der Waals surface area contributed by atoms with Crippen LogP contribution in [0.3, 0.4) is 0 Å². The molecule has 0 heterocycles. The third-order valence-electron chi connectivity index (χ3n) is 1.72. The number of rotatable bonds is 6. The molecule has 0 bridgehead atoms. The Bertz CT molecular complexity index is 171. The molecule has 1 atom stereocenters. The summed E-state index contributed by atoms with van der Waals surface area (Å²) >= 11 is 5.72. The van der Waals surface area contributed by atoms with E-state index in [0.717, 1.165) is 12.8 Å². The van der Waals surface area contributed by atoms with Crippen molar-refractivity contribution in [3.05, 3.63) is 0 Å². The van der Waals surface area contributed by atoms with E-state index in [1.807, 2.05) is 6.92 Å². The van der Waals surface area contributed by atoms with Crippen molar-refractivity contribution in [2.24, 2.45) is 0 Å². The van der Waals surface area contributed by atoms with Gasteiger partial charge in [0.15, 0.2) is 5.60 Å². The van der Waals surface area contributed by atoms with Crippen molar-refractivity contribution in [2.75, 3.05) is 6.61 Å². The summed E-state index contributed by atoms with van der Waals surface area (Å²) in [4.78, 5) is 10.6. The third-order valence-corrected chi connectivity index (χ3v) is 1.94. The standard InChI is InChI=1S/C9H17ClO3.Na.H/c1-7(10)5-4-6-13-9(2,3)8(11)12;;/h7H,4-6H2,1-3H3,(H,11,12);;. The molecule has 0 aliphatic rings. The minimum atomic E-state index is -1.09. The van der Waals surface area contributed by atoms with Crippen molar-refractivity contribution >= 4 is 47.1 Å². The molecule has 0 saturated carbocycles. The molecule has 3 nitrogen and oxygen atoms in total. The number of carboxylic acids is 1. The van der Waals surface area contributed by atoms with Gasteiger partial charge in [0, 0.05) is 12.0 Å². The molecule has 0 spiro atoms. The Morgan fingerprint density at radius 1 is 1.57 bits per heavy atom. The van der Waals surface area contributed by atoms with Crippen molar-refractivity contribution < 1.29 is 14.6 Å². The van der Waals surface area contributed by atoms with Crippen LogP contribution in [0, 0.1) is 0 Å². The van der Waals surface area contributed by atoms with E-state index in [2.05, 4.69) is 0 Å². The summed E-state index contributed by atoms with van der Waals surface area (Å²) in [5.41, 5.74) is -1.09. The number of hydrogen-bond donors (Lipinski definition) is 1. The van der Waals surface area contributed by atoms with Gasteiger partial charge in [0.05, 0.1) is 0 Å². The second kappa shape index (κ2) is 7.94. The molecule has 1 unspecified atom stereocenters. The van der Waals surface area contributed by atoms with E-state index in [9.17, 15) is 4.79 Å². The molecule has 0 aromatic rings. The molecule has 80 valence electrons. The summed E-state index contributed by atoms with van der Waals surface area (Å²) in [7, 11) is 0. The first kappa shape index (κ1) is 17.1. The van der Waals surface area contributed by atoms with Gasteiger partial charge in [-0.1, -0.05) is 0 Å². The first-order chi connectivity index (χ1) is 5.86. The third kappa shape index (κ3) is 8.06. The predicted octanol–water partition coefficient (Wildman–Crippen LogP) is 1.63. The first-order valence-electron chi connectivity index (χ1n) is 4.37. The maximum absolute atomic E-state index is 10.6. The van der Waals surface area contributed by atoms with E-state index in [1.165, 1.54) is 0 Å². The fourth-order valence-electron chi connectivity index (χ4n) is 0.754. The number of aliphatic carboxylic acids is 1. The number of hydrogen-bond acceptors (Lipinski definition) is 2. The molecular weight excluding hydrogens is 215 g/mol. The Balaban J connectivity index is 0. The Hall–Kier alpha value is 0.720. The molecule has 5 heteroatoms. The maximum atomic E-state index is 10.6. The summed E-state index contributed by atoms with van der Waals surface area (Å²) in [6.45, 7) is 5.43. The fraction of sp³-hybridized carbons (Fsp3) is 0.889. The van der Waals surface area contributed by atoms with Crippen LogP contribution in [0.25, 0.3) is 0 Å². The van der Waals surface area contributed by atoms with Crippen molar-refractivity contribution in [1.29, 1.82) is 0 Å². The van der Waals surface area contributed by atoms with Gasteiger partial charge in [0.2, 0.25) is 0 Å². The molecular formula is C9H18ClNaO3. The minimum absolute atomic E-state index is 0. The monoisotopic (exact) mass is 232 g/mol. The van der Waals surface area contributed by atoms with Gasteiger partial charge in [-0.05, 0) is 33.6 Å². The summed E-state index contributed by atoms with van der Waals surface area (Å²) in [6.07, 6.45) is 1.64. The average molecular weight is 233 g/mol. The molecule has 0 rings (SSSR count). The van der Waals surface area contributed by atoms with Crippen molar-refractivity contribution in [2.45, 2.75) is 44.6 Å². The van der Waals surface area contributed by atoms with Gasteiger partial charge in [-0.15, -0.1) is 11.6 Å².